The first kappa shape index (κ1) is 21.5. The molecule has 0 fully saturated rings. The summed E-state index contributed by atoms with van der Waals surface area (Å²) < 4.78 is 10.9. The highest BCUT2D eigenvalue weighted by molar-refractivity contribution is 6.05. The molecular formula is C29H24N2O3. The molecule has 5 heteroatoms. The van der Waals surface area contributed by atoms with Crippen LogP contribution in [0.3, 0.4) is 0 Å². The van der Waals surface area contributed by atoms with E-state index in [9.17, 15) is 4.79 Å². The number of hydrogen-bond donors (Lipinski definition) is 1. The van der Waals surface area contributed by atoms with Crippen molar-refractivity contribution in [2.45, 2.75) is 6.42 Å². The van der Waals surface area contributed by atoms with Crippen LogP contribution in [-0.2, 0) is 6.42 Å². The first-order valence-corrected chi connectivity index (χ1v) is 11.0. The summed E-state index contributed by atoms with van der Waals surface area (Å²) in [7, 11) is 3.26. The molecule has 0 saturated carbocycles. The maximum Gasteiger partial charge on any atom is 0.255 e. The first-order valence-electron chi connectivity index (χ1n) is 11.0. The van der Waals surface area contributed by atoms with Crippen molar-refractivity contribution in [1.82, 2.24) is 4.98 Å². The topological polar surface area (TPSA) is 60.5 Å². The maximum atomic E-state index is 12.5. The Morgan fingerprint density at radius 3 is 2.35 bits per heavy atom. The Balaban J connectivity index is 1.41. The number of nitrogens with one attached hydrogen (secondary N) is 1. The monoisotopic (exact) mass is 448 g/mol. The van der Waals surface area contributed by atoms with Gasteiger partial charge in [-0.3, -0.25) is 9.78 Å². The lowest BCUT2D eigenvalue weighted by Crippen LogP contribution is -2.11. The number of anilines is 1. The van der Waals surface area contributed by atoms with Crippen molar-refractivity contribution < 1.29 is 14.3 Å². The molecule has 0 radical (unpaired) electrons. The summed E-state index contributed by atoms with van der Waals surface area (Å²) in [4.78, 5) is 17.0. The van der Waals surface area contributed by atoms with Gasteiger partial charge < -0.3 is 14.8 Å². The predicted molar refractivity (Wildman–Crippen MR) is 136 cm³/mol. The lowest BCUT2D eigenvalue weighted by Gasteiger charge is -2.12. The van der Waals surface area contributed by atoms with E-state index in [0.717, 1.165) is 39.3 Å². The number of carbonyl (C=O) groups excluding carboxylic acids is 1. The number of methoxy groups -OCH3 is 2. The standard InChI is InChI=1S/C29H24N2O3/c1-33-27-17-25-23(12-13-30-26(25)18-28(27)34-2)15-19-8-9-22-16-24(11-10-21(22)14-19)31-29(32)20-6-4-3-5-7-20/h3-14,16-18H,15H2,1-2H3,(H,31,32). The molecule has 34 heavy (non-hydrogen) atoms. The molecule has 0 aliphatic rings. The molecule has 0 atom stereocenters. The number of pyridine rings is 1. The highest BCUT2D eigenvalue weighted by atomic mass is 16.5. The summed E-state index contributed by atoms with van der Waals surface area (Å²) in [5.74, 6) is 1.24. The number of amides is 1. The Morgan fingerprint density at radius 1 is 0.824 bits per heavy atom. The highest BCUT2D eigenvalue weighted by Gasteiger charge is 2.11. The van der Waals surface area contributed by atoms with Crippen LogP contribution < -0.4 is 14.8 Å². The summed E-state index contributed by atoms with van der Waals surface area (Å²) in [6.07, 6.45) is 2.59. The molecule has 1 N–H and O–H groups in total. The van der Waals surface area contributed by atoms with Gasteiger partial charge in [-0.1, -0.05) is 42.5 Å². The fraction of sp³-hybridized carbons (Fsp3) is 0.103. The van der Waals surface area contributed by atoms with Gasteiger partial charge in [0.05, 0.1) is 19.7 Å². The van der Waals surface area contributed by atoms with Crippen molar-refractivity contribution in [3.05, 3.63) is 108 Å². The molecule has 1 aromatic heterocycles. The number of benzene rings is 4. The number of carbonyl (C=O) groups is 1. The molecule has 4 aromatic carbocycles. The highest BCUT2D eigenvalue weighted by Crippen LogP contribution is 2.33. The second-order valence-electron chi connectivity index (χ2n) is 8.09. The Morgan fingerprint density at radius 2 is 1.56 bits per heavy atom. The number of aromatic nitrogens is 1. The molecule has 5 nitrogen and oxygen atoms in total. The van der Waals surface area contributed by atoms with Crippen LogP contribution in [0.1, 0.15) is 21.5 Å². The summed E-state index contributed by atoms with van der Waals surface area (Å²) in [5.41, 5.74) is 4.63. The summed E-state index contributed by atoms with van der Waals surface area (Å²) in [6, 6.07) is 27.5. The van der Waals surface area contributed by atoms with Crippen LogP contribution in [-0.4, -0.2) is 25.1 Å². The fourth-order valence-electron chi connectivity index (χ4n) is 4.18. The van der Waals surface area contributed by atoms with Crippen LogP contribution in [0.4, 0.5) is 5.69 Å². The SMILES string of the molecule is COc1cc2nccc(Cc3ccc4cc(NC(=O)c5ccccc5)ccc4c3)c2cc1OC. The molecule has 0 saturated heterocycles. The van der Waals surface area contributed by atoms with E-state index in [0.29, 0.717) is 17.1 Å². The average molecular weight is 449 g/mol. The van der Waals surface area contributed by atoms with E-state index in [1.807, 2.05) is 60.8 Å². The van der Waals surface area contributed by atoms with Crippen LogP contribution in [0.25, 0.3) is 21.7 Å². The molecule has 0 spiro atoms. The van der Waals surface area contributed by atoms with Gasteiger partial charge in [-0.2, -0.15) is 0 Å². The maximum absolute atomic E-state index is 12.5. The minimum absolute atomic E-state index is 0.117. The van der Waals surface area contributed by atoms with E-state index in [1.165, 1.54) is 5.56 Å². The van der Waals surface area contributed by atoms with Gasteiger partial charge in [-0.15, -0.1) is 0 Å². The molecule has 0 unspecified atom stereocenters. The third-order valence-corrected chi connectivity index (χ3v) is 5.93. The van der Waals surface area contributed by atoms with E-state index < -0.39 is 0 Å². The lowest BCUT2D eigenvalue weighted by atomic mass is 9.98. The quantitative estimate of drug-likeness (QED) is 0.334. The van der Waals surface area contributed by atoms with Crippen molar-refractivity contribution in [2.75, 3.05) is 19.5 Å². The van der Waals surface area contributed by atoms with Crippen molar-refractivity contribution in [1.29, 1.82) is 0 Å². The number of nitrogens with zero attached hydrogens (tertiary/aromatic N) is 1. The number of rotatable bonds is 6. The van der Waals surface area contributed by atoms with Gasteiger partial charge in [-0.05, 0) is 64.7 Å². The van der Waals surface area contributed by atoms with Crippen molar-refractivity contribution >= 4 is 33.3 Å². The van der Waals surface area contributed by atoms with Crippen LogP contribution in [0.15, 0.2) is 91.1 Å². The van der Waals surface area contributed by atoms with E-state index in [1.54, 1.807) is 26.4 Å². The van der Waals surface area contributed by atoms with E-state index in [4.69, 9.17) is 9.47 Å². The zero-order valence-electron chi connectivity index (χ0n) is 19.0. The van der Waals surface area contributed by atoms with Gasteiger partial charge in [0.1, 0.15) is 0 Å². The number of hydrogen-bond acceptors (Lipinski definition) is 4. The van der Waals surface area contributed by atoms with Gasteiger partial charge in [0, 0.05) is 28.9 Å². The fourth-order valence-corrected chi connectivity index (χ4v) is 4.18. The van der Waals surface area contributed by atoms with Crippen molar-refractivity contribution in [3.8, 4) is 11.5 Å². The van der Waals surface area contributed by atoms with Crippen LogP contribution in [0, 0.1) is 0 Å². The van der Waals surface area contributed by atoms with Crippen LogP contribution >= 0.6 is 0 Å². The van der Waals surface area contributed by atoms with Crippen molar-refractivity contribution in [3.63, 3.8) is 0 Å². The normalized spacial score (nSPS) is 10.9. The molecule has 5 rings (SSSR count). The Hall–Kier alpha value is -4.38. The largest absolute Gasteiger partial charge is 0.493 e. The van der Waals surface area contributed by atoms with E-state index in [2.05, 4.69) is 28.5 Å². The first-order chi connectivity index (χ1) is 16.6. The Labute approximate surface area is 198 Å². The average Bonchev–Trinajstić information content (AvgIpc) is 2.88. The molecule has 5 aromatic rings. The molecule has 168 valence electrons. The molecular weight excluding hydrogens is 424 g/mol. The van der Waals surface area contributed by atoms with Gasteiger partial charge in [0.25, 0.3) is 5.91 Å². The second-order valence-corrected chi connectivity index (χ2v) is 8.09. The molecule has 1 heterocycles. The minimum Gasteiger partial charge on any atom is -0.493 e. The second kappa shape index (κ2) is 9.24. The van der Waals surface area contributed by atoms with Crippen LogP contribution in [0.5, 0.6) is 11.5 Å². The summed E-state index contributed by atoms with van der Waals surface area (Å²) in [5, 5.41) is 6.21. The number of fused-ring (bicyclic) bond motifs is 2. The van der Waals surface area contributed by atoms with Gasteiger partial charge >= 0.3 is 0 Å². The molecule has 0 bridgehead atoms. The van der Waals surface area contributed by atoms with Gasteiger partial charge in [-0.25, -0.2) is 0 Å². The van der Waals surface area contributed by atoms with E-state index >= 15 is 0 Å². The molecule has 0 aliphatic heterocycles. The zero-order valence-corrected chi connectivity index (χ0v) is 19.0. The predicted octanol–water partition coefficient (Wildman–Crippen LogP) is 6.25. The zero-order chi connectivity index (χ0) is 23.5. The molecule has 1 amide bonds. The van der Waals surface area contributed by atoms with Crippen molar-refractivity contribution in [2.24, 2.45) is 0 Å². The van der Waals surface area contributed by atoms with Gasteiger partial charge in [0.2, 0.25) is 0 Å². The molecule has 0 aliphatic carbocycles. The Kier molecular flexibility index (Phi) is 5.83. The minimum atomic E-state index is -0.117. The smallest absolute Gasteiger partial charge is 0.255 e. The van der Waals surface area contributed by atoms with Crippen LogP contribution in [0.2, 0.25) is 0 Å². The summed E-state index contributed by atoms with van der Waals surface area (Å²) in [6.45, 7) is 0. The van der Waals surface area contributed by atoms with E-state index in [-0.39, 0.29) is 5.91 Å². The van der Waals surface area contributed by atoms with Gasteiger partial charge in [0.15, 0.2) is 11.5 Å². The summed E-state index contributed by atoms with van der Waals surface area (Å²) >= 11 is 0. The Bertz CT molecular complexity index is 1500. The number of ether oxygens (including phenoxy) is 2. The third-order valence-electron chi connectivity index (χ3n) is 5.93. The third kappa shape index (κ3) is 4.28. The lowest BCUT2D eigenvalue weighted by molar-refractivity contribution is 0.102.